The molecule has 2 N–H and O–H groups in total. The van der Waals surface area contributed by atoms with Crippen molar-refractivity contribution < 1.29 is 5.11 Å². The molecule has 0 aliphatic rings. The molecule has 14 heavy (non-hydrogen) atoms. The Kier molecular flexibility index (Phi) is 3.88. The van der Waals surface area contributed by atoms with Gasteiger partial charge in [-0.1, -0.05) is 26.7 Å². The molecule has 0 aliphatic carbocycles. The summed E-state index contributed by atoms with van der Waals surface area (Å²) in [5, 5.41) is 15.7. The Hall–Kier alpha value is -1.10. The Morgan fingerprint density at radius 3 is 2.64 bits per heavy atom. The number of nitrogens with zero attached hydrogens (tertiary/aromatic N) is 2. The number of rotatable bonds is 5. The Morgan fingerprint density at radius 1 is 1.57 bits per heavy atom. The van der Waals surface area contributed by atoms with Gasteiger partial charge in [0.1, 0.15) is 6.33 Å². The summed E-state index contributed by atoms with van der Waals surface area (Å²) in [6.45, 7) is 4.40. The lowest BCUT2D eigenvalue weighted by Gasteiger charge is -2.19. The quantitative estimate of drug-likeness (QED) is 0.719. The largest absolute Gasteiger partial charge is 0.391 e. The SMILES string of the molecule is CCC(CC)C(O)Cn1cn[nH]c1=O. The van der Waals surface area contributed by atoms with Gasteiger partial charge in [-0.15, -0.1) is 0 Å². The second-order valence-corrected chi connectivity index (χ2v) is 3.46. The zero-order chi connectivity index (χ0) is 10.6. The van der Waals surface area contributed by atoms with E-state index in [-0.39, 0.29) is 11.6 Å². The third-order valence-electron chi connectivity index (χ3n) is 2.59. The van der Waals surface area contributed by atoms with Crippen molar-refractivity contribution in [2.75, 3.05) is 0 Å². The maximum absolute atomic E-state index is 11.1. The number of aromatic nitrogens is 3. The van der Waals surface area contributed by atoms with E-state index in [1.807, 2.05) is 13.8 Å². The molecule has 0 saturated heterocycles. The number of H-pyrrole nitrogens is 1. The molecule has 80 valence electrons. The van der Waals surface area contributed by atoms with Crippen LogP contribution in [-0.4, -0.2) is 26.0 Å². The highest BCUT2D eigenvalue weighted by Gasteiger charge is 2.16. The first-order valence-electron chi connectivity index (χ1n) is 4.96. The van der Waals surface area contributed by atoms with Crippen molar-refractivity contribution in [2.45, 2.75) is 39.3 Å². The molecule has 0 bridgehead atoms. The minimum Gasteiger partial charge on any atom is -0.391 e. The van der Waals surface area contributed by atoms with Crippen LogP contribution in [0.1, 0.15) is 26.7 Å². The van der Waals surface area contributed by atoms with Gasteiger partial charge in [-0.05, 0) is 5.92 Å². The van der Waals surface area contributed by atoms with Crippen molar-refractivity contribution in [3.05, 3.63) is 16.8 Å². The molecule has 0 aromatic carbocycles. The van der Waals surface area contributed by atoms with Crippen molar-refractivity contribution in [3.63, 3.8) is 0 Å². The van der Waals surface area contributed by atoms with Gasteiger partial charge in [-0.25, -0.2) is 9.89 Å². The van der Waals surface area contributed by atoms with E-state index in [2.05, 4.69) is 10.2 Å². The summed E-state index contributed by atoms with van der Waals surface area (Å²) in [6.07, 6.45) is 2.78. The van der Waals surface area contributed by atoms with Gasteiger partial charge in [-0.3, -0.25) is 4.57 Å². The average Bonchev–Trinajstić information content (AvgIpc) is 2.54. The van der Waals surface area contributed by atoms with Crippen molar-refractivity contribution in [1.82, 2.24) is 14.8 Å². The second kappa shape index (κ2) is 4.95. The van der Waals surface area contributed by atoms with Crippen molar-refractivity contribution in [3.8, 4) is 0 Å². The topological polar surface area (TPSA) is 70.9 Å². The first-order chi connectivity index (χ1) is 6.69. The zero-order valence-electron chi connectivity index (χ0n) is 8.60. The highest BCUT2D eigenvalue weighted by molar-refractivity contribution is 4.71. The fourth-order valence-electron chi connectivity index (χ4n) is 1.58. The highest BCUT2D eigenvalue weighted by atomic mass is 16.3. The van der Waals surface area contributed by atoms with Crippen LogP contribution in [0.4, 0.5) is 0 Å². The number of aliphatic hydroxyl groups excluding tert-OH is 1. The molecule has 0 amide bonds. The van der Waals surface area contributed by atoms with Crippen LogP contribution in [0.5, 0.6) is 0 Å². The van der Waals surface area contributed by atoms with Gasteiger partial charge in [0.15, 0.2) is 0 Å². The van der Waals surface area contributed by atoms with Crippen LogP contribution in [0.25, 0.3) is 0 Å². The summed E-state index contributed by atoms with van der Waals surface area (Å²) < 4.78 is 1.39. The molecule has 1 aromatic rings. The summed E-state index contributed by atoms with van der Waals surface area (Å²) in [5.41, 5.74) is -0.269. The molecule has 1 atom stereocenters. The van der Waals surface area contributed by atoms with Gasteiger partial charge in [0.25, 0.3) is 0 Å². The van der Waals surface area contributed by atoms with E-state index in [0.29, 0.717) is 6.54 Å². The number of nitrogens with one attached hydrogen (secondary N) is 1. The standard InChI is InChI=1S/C9H17N3O2/c1-3-7(4-2)8(13)5-12-6-10-11-9(12)14/h6-8,13H,3-5H2,1-2H3,(H,11,14). The predicted octanol–water partition coefficient (Wildman–Crippen LogP) is 0.368. The average molecular weight is 199 g/mol. The molecular formula is C9H17N3O2. The van der Waals surface area contributed by atoms with Gasteiger partial charge in [0.2, 0.25) is 0 Å². The van der Waals surface area contributed by atoms with E-state index in [9.17, 15) is 9.90 Å². The van der Waals surface area contributed by atoms with Gasteiger partial charge in [0, 0.05) is 0 Å². The predicted molar refractivity (Wildman–Crippen MR) is 52.9 cm³/mol. The zero-order valence-corrected chi connectivity index (χ0v) is 8.60. The summed E-state index contributed by atoms with van der Waals surface area (Å²) in [4.78, 5) is 11.1. The van der Waals surface area contributed by atoms with Gasteiger partial charge in [0.05, 0.1) is 12.6 Å². The fraction of sp³-hybridized carbons (Fsp3) is 0.778. The van der Waals surface area contributed by atoms with Crippen molar-refractivity contribution in [1.29, 1.82) is 0 Å². The molecule has 0 radical (unpaired) electrons. The second-order valence-electron chi connectivity index (χ2n) is 3.46. The van der Waals surface area contributed by atoms with E-state index in [0.717, 1.165) is 12.8 Å². The van der Waals surface area contributed by atoms with Crippen LogP contribution in [0.3, 0.4) is 0 Å². The lowest BCUT2D eigenvalue weighted by molar-refractivity contribution is 0.0847. The Bertz CT molecular complexity index is 314. The van der Waals surface area contributed by atoms with Crippen molar-refractivity contribution in [2.24, 2.45) is 5.92 Å². The fourth-order valence-corrected chi connectivity index (χ4v) is 1.58. The lowest BCUT2D eigenvalue weighted by Crippen LogP contribution is -2.29. The Labute approximate surface area is 82.8 Å². The third-order valence-corrected chi connectivity index (χ3v) is 2.59. The molecule has 5 nitrogen and oxygen atoms in total. The van der Waals surface area contributed by atoms with Crippen LogP contribution in [0.15, 0.2) is 11.1 Å². The number of aliphatic hydroxyl groups is 1. The Balaban J connectivity index is 2.60. The maximum atomic E-state index is 11.1. The van der Waals surface area contributed by atoms with Gasteiger partial charge < -0.3 is 5.11 Å². The van der Waals surface area contributed by atoms with E-state index in [1.165, 1.54) is 10.9 Å². The van der Waals surface area contributed by atoms with Crippen LogP contribution >= 0.6 is 0 Å². The molecule has 0 fully saturated rings. The normalized spacial score (nSPS) is 13.4. The highest BCUT2D eigenvalue weighted by Crippen LogP contribution is 2.13. The molecule has 5 heteroatoms. The molecule has 0 spiro atoms. The molecule has 1 heterocycles. The first kappa shape index (κ1) is 11.0. The number of aromatic amines is 1. The first-order valence-corrected chi connectivity index (χ1v) is 4.96. The monoisotopic (exact) mass is 199 g/mol. The number of hydrogen-bond donors (Lipinski definition) is 2. The smallest absolute Gasteiger partial charge is 0.343 e. The molecular weight excluding hydrogens is 182 g/mol. The number of hydrogen-bond acceptors (Lipinski definition) is 3. The summed E-state index contributed by atoms with van der Waals surface area (Å²) in [7, 11) is 0. The third kappa shape index (κ3) is 2.45. The summed E-state index contributed by atoms with van der Waals surface area (Å²) >= 11 is 0. The lowest BCUT2D eigenvalue weighted by atomic mass is 9.96. The molecule has 1 rings (SSSR count). The van der Waals surface area contributed by atoms with Gasteiger partial charge >= 0.3 is 5.69 Å². The van der Waals surface area contributed by atoms with Crippen LogP contribution in [0, 0.1) is 5.92 Å². The summed E-state index contributed by atoms with van der Waals surface area (Å²) in [6, 6.07) is 0. The molecule has 0 aliphatic heterocycles. The minimum atomic E-state index is -0.472. The van der Waals surface area contributed by atoms with E-state index in [1.54, 1.807) is 0 Å². The van der Waals surface area contributed by atoms with Crippen molar-refractivity contribution >= 4 is 0 Å². The van der Waals surface area contributed by atoms with Crippen LogP contribution < -0.4 is 5.69 Å². The minimum absolute atomic E-state index is 0.247. The maximum Gasteiger partial charge on any atom is 0.343 e. The van der Waals surface area contributed by atoms with Crippen LogP contribution in [0.2, 0.25) is 0 Å². The molecule has 0 saturated carbocycles. The summed E-state index contributed by atoms with van der Waals surface area (Å²) in [5.74, 6) is 0.247. The molecule has 1 unspecified atom stereocenters. The van der Waals surface area contributed by atoms with Gasteiger partial charge in [-0.2, -0.15) is 5.10 Å². The van der Waals surface area contributed by atoms with Crippen LogP contribution in [-0.2, 0) is 6.54 Å². The van der Waals surface area contributed by atoms with E-state index >= 15 is 0 Å². The van der Waals surface area contributed by atoms with E-state index in [4.69, 9.17) is 0 Å². The molecule has 1 aromatic heterocycles. The Morgan fingerprint density at radius 2 is 2.21 bits per heavy atom. The van der Waals surface area contributed by atoms with E-state index < -0.39 is 6.10 Å².